The van der Waals surface area contributed by atoms with Crippen molar-refractivity contribution in [3.63, 3.8) is 0 Å². The average Bonchev–Trinajstić information content (AvgIpc) is 2.22. The van der Waals surface area contributed by atoms with Gasteiger partial charge in [-0.15, -0.1) is 0 Å². The van der Waals surface area contributed by atoms with Crippen LogP contribution in [0.4, 0.5) is 13.2 Å². The van der Waals surface area contributed by atoms with Crippen molar-refractivity contribution in [1.82, 2.24) is 0 Å². The number of primary amides is 1. The van der Waals surface area contributed by atoms with E-state index in [0.29, 0.717) is 0 Å². The molecule has 0 radical (unpaired) electrons. The van der Waals surface area contributed by atoms with E-state index in [1.54, 1.807) is 20.8 Å². The number of ether oxygens (including phenoxy) is 1. The van der Waals surface area contributed by atoms with Crippen LogP contribution in [0, 0.1) is 0 Å². The van der Waals surface area contributed by atoms with Crippen molar-refractivity contribution in [2.75, 3.05) is 0 Å². The Morgan fingerprint density at radius 3 is 1.81 bits per heavy atom. The Morgan fingerprint density at radius 1 is 1.19 bits per heavy atom. The van der Waals surface area contributed by atoms with Crippen LogP contribution < -0.4 is 11.5 Å². The fraction of sp³-hybridized carbons (Fsp3) is 0.727. The molecule has 0 saturated heterocycles. The number of carboxylic acid groups (broad SMARTS) is 1. The lowest BCUT2D eigenvalue weighted by atomic mass is 10.1. The molecule has 0 fully saturated rings. The molecule has 0 aromatic carbocycles. The van der Waals surface area contributed by atoms with Crippen molar-refractivity contribution in [3.05, 3.63) is 0 Å². The van der Waals surface area contributed by atoms with Crippen LogP contribution in [-0.4, -0.2) is 40.8 Å². The van der Waals surface area contributed by atoms with Crippen molar-refractivity contribution < 1.29 is 37.4 Å². The van der Waals surface area contributed by atoms with Gasteiger partial charge in [0.15, 0.2) is 0 Å². The first-order chi connectivity index (χ1) is 9.16. The molecule has 0 spiro atoms. The summed E-state index contributed by atoms with van der Waals surface area (Å²) in [4.78, 5) is 30.6. The van der Waals surface area contributed by atoms with Gasteiger partial charge in [-0.1, -0.05) is 0 Å². The van der Waals surface area contributed by atoms with Gasteiger partial charge in [-0.3, -0.25) is 9.59 Å². The zero-order valence-electron chi connectivity index (χ0n) is 11.9. The number of amides is 1. The van der Waals surface area contributed by atoms with Crippen LogP contribution in [0.25, 0.3) is 0 Å². The number of halogens is 3. The predicted molar refractivity (Wildman–Crippen MR) is 65.9 cm³/mol. The number of aliphatic carboxylic acids is 1. The normalized spacial score (nSPS) is 12.7. The average molecular weight is 316 g/mol. The van der Waals surface area contributed by atoms with Gasteiger partial charge in [-0.2, -0.15) is 13.2 Å². The Balaban J connectivity index is 0. The highest BCUT2D eigenvalue weighted by atomic mass is 19.4. The minimum absolute atomic E-state index is 0.112. The third-order valence-electron chi connectivity index (χ3n) is 1.69. The summed E-state index contributed by atoms with van der Waals surface area (Å²) in [5, 5.41) is 7.12. The van der Waals surface area contributed by atoms with E-state index in [0.717, 1.165) is 0 Å². The summed E-state index contributed by atoms with van der Waals surface area (Å²) in [6.45, 7) is 5.33. The van der Waals surface area contributed by atoms with Gasteiger partial charge in [0.1, 0.15) is 5.60 Å². The van der Waals surface area contributed by atoms with Crippen LogP contribution in [0.15, 0.2) is 0 Å². The summed E-state index contributed by atoms with van der Waals surface area (Å²) >= 11 is 0. The van der Waals surface area contributed by atoms with Crippen LogP contribution in [0.2, 0.25) is 0 Å². The minimum Gasteiger partial charge on any atom is -0.475 e. The van der Waals surface area contributed by atoms with E-state index in [9.17, 15) is 22.8 Å². The number of rotatable bonds is 4. The number of carbonyl (C=O) groups excluding carboxylic acids is 2. The van der Waals surface area contributed by atoms with E-state index in [2.05, 4.69) is 0 Å². The van der Waals surface area contributed by atoms with Gasteiger partial charge in [-0.25, -0.2) is 4.79 Å². The molecule has 0 aliphatic carbocycles. The number of alkyl halides is 3. The predicted octanol–water partition coefficient (Wildman–Crippen LogP) is 0.554. The highest BCUT2D eigenvalue weighted by Crippen LogP contribution is 2.13. The maximum atomic E-state index is 11.2. The van der Waals surface area contributed by atoms with E-state index >= 15 is 0 Å². The summed E-state index contributed by atoms with van der Waals surface area (Å²) in [6, 6.07) is -0.775. The molecule has 10 heteroatoms. The first kappa shape index (κ1) is 21.5. The molecule has 0 aliphatic rings. The molecule has 7 nitrogen and oxygen atoms in total. The molecule has 1 atom stereocenters. The van der Waals surface area contributed by atoms with Crippen LogP contribution in [0.5, 0.6) is 0 Å². The Labute approximate surface area is 119 Å². The minimum atomic E-state index is -5.08. The van der Waals surface area contributed by atoms with E-state index in [1.807, 2.05) is 0 Å². The zero-order chi connectivity index (χ0) is 17.4. The first-order valence-electron chi connectivity index (χ1n) is 5.73. The number of nitrogens with two attached hydrogens (primary N) is 2. The molecule has 21 heavy (non-hydrogen) atoms. The van der Waals surface area contributed by atoms with Gasteiger partial charge < -0.3 is 21.3 Å². The molecular formula is C11H19F3N2O5. The standard InChI is InChI=1S/C9H18N2O3.C2HF3O2/c1-9(2,3)14-7(12)5-4-6(10)8(11)13;3-2(4,5)1(6)7/h6H,4-5,10H2,1-3H3,(H2,11,13);(H,6,7)/t6-;/m1./s1. The Morgan fingerprint density at radius 2 is 1.57 bits per heavy atom. The second-order valence-electron chi connectivity index (χ2n) is 4.94. The SMILES string of the molecule is CC(C)(C)OC(=O)CC[C@@H](N)C(N)=O.O=C(O)C(F)(F)F. The summed E-state index contributed by atoms with van der Waals surface area (Å²) in [7, 11) is 0. The summed E-state index contributed by atoms with van der Waals surface area (Å²) < 4.78 is 36.8. The quantitative estimate of drug-likeness (QED) is 0.649. The van der Waals surface area contributed by atoms with Gasteiger partial charge in [0.2, 0.25) is 5.91 Å². The van der Waals surface area contributed by atoms with Crippen molar-refractivity contribution in [3.8, 4) is 0 Å². The molecule has 0 aliphatic heterocycles. The molecule has 0 heterocycles. The highest BCUT2D eigenvalue weighted by molar-refractivity contribution is 5.80. The molecule has 0 rings (SSSR count). The number of carbonyl (C=O) groups is 3. The fourth-order valence-electron chi connectivity index (χ4n) is 0.808. The van der Waals surface area contributed by atoms with Crippen molar-refractivity contribution in [1.29, 1.82) is 0 Å². The van der Waals surface area contributed by atoms with Gasteiger partial charge in [0.25, 0.3) is 0 Å². The molecule has 1 amide bonds. The van der Waals surface area contributed by atoms with Gasteiger partial charge in [0, 0.05) is 6.42 Å². The molecule has 0 aromatic heterocycles. The summed E-state index contributed by atoms with van der Waals surface area (Å²) in [5.41, 5.74) is 9.77. The monoisotopic (exact) mass is 316 g/mol. The van der Waals surface area contributed by atoms with Gasteiger partial charge in [0.05, 0.1) is 6.04 Å². The van der Waals surface area contributed by atoms with Crippen LogP contribution in [0.3, 0.4) is 0 Å². The van der Waals surface area contributed by atoms with Crippen molar-refractivity contribution in [2.24, 2.45) is 11.5 Å². The molecular weight excluding hydrogens is 297 g/mol. The van der Waals surface area contributed by atoms with Gasteiger partial charge >= 0.3 is 18.1 Å². The molecule has 124 valence electrons. The van der Waals surface area contributed by atoms with Crippen LogP contribution in [0.1, 0.15) is 33.6 Å². The zero-order valence-corrected chi connectivity index (χ0v) is 11.9. The van der Waals surface area contributed by atoms with Gasteiger partial charge in [-0.05, 0) is 27.2 Å². The molecule has 0 saturated carbocycles. The van der Waals surface area contributed by atoms with Crippen LogP contribution in [-0.2, 0) is 19.1 Å². The Kier molecular flexibility index (Phi) is 8.63. The lowest BCUT2D eigenvalue weighted by molar-refractivity contribution is -0.192. The molecule has 0 bridgehead atoms. The van der Waals surface area contributed by atoms with E-state index in [1.165, 1.54) is 0 Å². The maximum Gasteiger partial charge on any atom is 0.490 e. The van der Waals surface area contributed by atoms with E-state index in [4.69, 9.17) is 26.1 Å². The third kappa shape index (κ3) is 14.4. The Hall–Kier alpha value is -1.84. The lowest BCUT2D eigenvalue weighted by Crippen LogP contribution is -2.37. The lowest BCUT2D eigenvalue weighted by Gasteiger charge is -2.19. The topological polar surface area (TPSA) is 133 Å². The smallest absolute Gasteiger partial charge is 0.475 e. The van der Waals surface area contributed by atoms with Crippen LogP contribution >= 0.6 is 0 Å². The number of carboxylic acids is 1. The first-order valence-corrected chi connectivity index (χ1v) is 5.73. The molecule has 0 aromatic rings. The largest absolute Gasteiger partial charge is 0.490 e. The maximum absolute atomic E-state index is 11.2. The second-order valence-corrected chi connectivity index (χ2v) is 4.94. The van der Waals surface area contributed by atoms with E-state index in [-0.39, 0.29) is 18.8 Å². The highest BCUT2D eigenvalue weighted by Gasteiger charge is 2.38. The molecule has 5 N–H and O–H groups in total. The summed E-state index contributed by atoms with van der Waals surface area (Å²) in [5.74, 6) is -3.73. The van der Waals surface area contributed by atoms with E-state index < -0.39 is 29.7 Å². The van der Waals surface area contributed by atoms with Crippen molar-refractivity contribution in [2.45, 2.75) is 51.4 Å². The number of hydrogen-bond acceptors (Lipinski definition) is 5. The summed E-state index contributed by atoms with van der Waals surface area (Å²) in [6.07, 6.45) is -4.74. The number of esters is 1. The molecule has 0 unspecified atom stereocenters. The fourth-order valence-corrected chi connectivity index (χ4v) is 0.808. The number of hydrogen-bond donors (Lipinski definition) is 3. The van der Waals surface area contributed by atoms with Crippen molar-refractivity contribution >= 4 is 17.8 Å². The Bertz CT molecular complexity index is 377. The third-order valence-corrected chi connectivity index (χ3v) is 1.69. The second kappa shape index (κ2) is 8.45.